The molecular weight excluding hydrogens is 300 g/mol. The molecule has 3 rings (SSSR count). The molecule has 0 radical (unpaired) electrons. The zero-order chi connectivity index (χ0) is 16.8. The predicted octanol–water partition coefficient (Wildman–Crippen LogP) is 3.34. The number of carbonyl (C=O) groups excluding carboxylic acids is 1. The van der Waals surface area contributed by atoms with Crippen molar-refractivity contribution in [1.82, 2.24) is 9.80 Å². The first-order valence-electron chi connectivity index (χ1n) is 9.10. The minimum Gasteiger partial charge on any atom is -0.497 e. The fraction of sp³-hybridized carbons (Fsp3) is 0.550. The summed E-state index contributed by atoms with van der Waals surface area (Å²) in [4.78, 5) is 17.0. The van der Waals surface area contributed by atoms with E-state index in [0.717, 1.165) is 44.0 Å². The first kappa shape index (κ1) is 17.0. The highest BCUT2D eigenvalue weighted by atomic mass is 16.5. The van der Waals surface area contributed by atoms with Crippen LogP contribution in [0, 0.1) is 0 Å². The molecule has 1 aromatic carbocycles. The number of methoxy groups -OCH3 is 1. The molecule has 0 bridgehead atoms. The van der Waals surface area contributed by atoms with E-state index in [1.165, 1.54) is 32.1 Å². The van der Waals surface area contributed by atoms with Crippen molar-refractivity contribution in [2.75, 3.05) is 39.8 Å². The first-order chi connectivity index (χ1) is 11.8. The van der Waals surface area contributed by atoms with Gasteiger partial charge in [-0.05, 0) is 56.4 Å². The Kier molecular flexibility index (Phi) is 5.91. The van der Waals surface area contributed by atoms with Crippen molar-refractivity contribution in [3.05, 3.63) is 41.5 Å². The third kappa shape index (κ3) is 4.38. The summed E-state index contributed by atoms with van der Waals surface area (Å²) in [5.41, 5.74) is 2.38. The van der Waals surface area contributed by atoms with Crippen molar-refractivity contribution in [2.24, 2.45) is 0 Å². The third-order valence-electron chi connectivity index (χ3n) is 5.13. The van der Waals surface area contributed by atoms with E-state index in [-0.39, 0.29) is 5.91 Å². The van der Waals surface area contributed by atoms with Gasteiger partial charge in [0.25, 0.3) is 5.91 Å². The average molecular weight is 328 g/mol. The molecular formula is C20H28N2O2. The minimum absolute atomic E-state index is 0.132. The monoisotopic (exact) mass is 328 g/mol. The summed E-state index contributed by atoms with van der Waals surface area (Å²) < 4.78 is 5.15. The second kappa shape index (κ2) is 8.34. The summed E-state index contributed by atoms with van der Waals surface area (Å²) >= 11 is 0. The summed E-state index contributed by atoms with van der Waals surface area (Å²) in [5, 5.41) is 0. The van der Waals surface area contributed by atoms with E-state index in [0.29, 0.717) is 0 Å². The molecule has 2 aliphatic rings. The molecule has 1 saturated heterocycles. The standard InChI is InChI=1S/C20H28N2O2/c1-24-19-9-7-18(8-10-19)20(23)22-15-13-21(14-16-22)12-11-17-5-3-2-4-6-17/h5,7-10H,2-4,6,11-16H2,1H3. The van der Waals surface area contributed by atoms with Gasteiger partial charge in [0.15, 0.2) is 0 Å². The predicted molar refractivity (Wildman–Crippen MR) is 96.5 cm³/mol. The average Bonchev–Trinajstić information content (AvgIpc) is 2.67. The Morgan fingerprint density at radius 2 is 1.83 bits per heavy atom. The van der Waals surface area contributed by atoms with E-state index in [1.807, 2.05) is 29.2 Å². The van der Waals surface area contributed by atoms with Crippen LogP contribution >= 0.6 is 0 Å². The molecule has 1 heterocycles. The van der Waals surface area contributed by atoms with Crippen molar-refractivity contribution >= 4 is 5.91 Å². The lowest BCUT2D eigenvalue weighted by molar-refractivity contribution is 0.0638. The Bertz CT molecular complexity index is 572. The number of benzene rings is 1. The van der Waals surface area contributed by atoms with E-state index in [4.69, 9.17) is 4.74 Å². The second-order valence-electron chi connectivity index (χ2n) is 6.72. The lowest BCUT2D eigenvalue weighted by Gasteiger charge is -2.35. The molecule has 24 heavy (non-hydrogen) atoms. The summed E-state index contributed by atoms with van der Waals surface area (Å²) in [7, 11) is 1.64. The van der Waals surface area contributed by atoms with Gasteiger partial charge in [-0.25, -0.2) is 0 Å². The SMILES string of the molecule is COc1ccc(C(=O)N2CCN(CCC3=CCCCC3)CC2)cc1. The zero-order valence-corrected chi connectivity index (χ0v) is 14.7. The van der Waals surface area contributed by atoms with Crippen LogP contribution < -0.4 is 4.74 Å². The summed E-state index contributed by atoms with van der Waals surface area (Å²) in [6.07, 6.45) is 8.90. The van der Waals surface area contributed by atoms with Crippen LogP contribution in [-0.2, 0) is 0 Å². The van der Waals surface area contributed by atoms with Crippen molar-refractivity contribution in [3.8, 4) is 5.75 Å². The molecule has 1 aliphatic heterocycles. The van der Waals surface area contributed by atoms with Gasteiger partial charge >= 0.3 is 0 Å². The highest BCUT2D eigenvalue weighted by molar-refractivity contribution is 5.94. The van der Waals surface area contributed by atoms with Gasteiger partial charge in [-0.15, -0.1) is 0 Å². The van der Waals surface area contributed by atoms with Crippen LogP contribution in [0.2, 0.25) is 0 Å². The molecule has 1 aliphatic carbocycles. The fourth-order valence-electron chi connectivity index (χ4n) is 3.52. The molecule has 4 nitrogen and oxygen atoms in total. The summed E-state index contributed by atoms with van der Waals surface area (Å²) in [5.74, 6) is 0.917. The number of hydrogen-bond donors (Lipinski definition) is 0. The van der Waals surface area contributed by atoms with E-state index in [2.05, 4.69) is 11.0 Å². The number of hydrogen-bond acceptors (Lipinski definition) is 3. The van der Waals surface area contributed by atoms with Crippen molar-refractivity contribution < 1.29 is 9.53 Å². The molecule has 1 amide bonds. The van der Waals surface area contributed by atoms with Gasteiger partial charge < -0.3 is 9.64 Å². The summed E-state index contributed by atoms with van der Waals surface area (Å²) in [6.45, 7) is 4.74. The highest BCUT2D eigenvalue weighted by Crippen LogP contribution is 2.21. The Morgan fingerprint density at radius 3 is 2.46 bits per heavy atom. The van der Waals surface area contributed by atoms with Crippen LogP contribution in [0.15, 0.2) is 35.9 Å². The van der Waals surface area contributed by atoms with E-state index in [1.54, 1.807) is 12.7 Å². The number of carbonyl (C=O) groups is 1. The lowest BCUT2D eigenvalue weighted by Crippen LogP contribution is -2.48. The number of amides is 1. The number of rotatable bonds is 5. The zero-order valence-electron chi connectivity index (χ0n) is 14.7. The van der Waals surface area contributed by atoms with Gasteiger partial charge in [0.05, 0.1) is 7.11 Å². The summed E-state index contributed by atoms with van der Waals surface area (Å²) in [6, 6.07) is 7.40. The van der Waals surface area contributed by atoms with Gasteiger partial charge in [0.1, 0.15) is 5.75 Å². The molecule has 0 saturated carbocycles. The molecule has 130 valence electrons. The Hall–Kier alpha value is -1.81. The maximum Gasteiger partial charge on any atom is 0.253 e. The minimum atomic E-state index is 0.132. The van der Waals surface area contributed by atoms with Gasteiger partial charge in [0.2, 0.25) is 0 Å². The molecule has 1 aromatic rings. The first-order valence-corrected chi connectivity index (χ1v) is 9.10. The van der Waals surface area contributed by atoms with E-state index >= 15 is 0 Å². The molecule has 1 fully saturated rings. The van der Waals surface area contributed by atoms with Crippen molar-refractivity contribution in [3.63, 3.8) is 0 Å². The quantitative estimate of drug-likeness (QED) is 0.777. The topological polar surface area (TPSA) is 32.8 Å². The highest BCUT2D eigenvalue weighted by Gasteiger charge is 2.22. The third-order valence-corrected chi connectivity index (χ3v) is 5.13. The Morgan fingerprint density at radius 1 is 1.08 bits per heavy atom. The Labute approximate surface area is 145 Å². The van der Waals surface area contributed by atoms with Crippen LogP contribution in [0.4, 0.5) is 0 Å². The molecule has 0 unspecified atom stereocenters. The molecule has 0 N–H and O–H groups in total. The van der Waals surface area contributed by atoms with Gasteiger partial charge in [-0.1, -0.05) is 11.6 Å². The van der Waals surface area contributed by atoms with Crippen LogP contribution in [0.25, 0.3) is 0 Å². The van der Waals surface area contributed by atoms with Gasteiger partial charge in [0, 0.05) is 38.3 Å². The smallest absolute Gasteiger partial charge is 0.253 e. The largest absolute Gasteiger partial charge is 0.497 e. The second-order valence-corrected chi connectivity index (χ2v) is 6.72. The Balaban J connectivity index is 1.45. The molecule has 0 aromatic heterocycles. The van der Waals surface area contributed by atoms with Crippen molar-refractivity contribution in [2.45, 2.75) is 32.1 Å². The maximum atomic E-state index is 12.6. The van der Waals surface area contributed by atoms with E-state index in [9.17, 15) is 4.79 Å². The normalized spacial score (nSPS) is 19.0. The maximum absolute atomic E-state index is 12.6. The van der Waals surface area contributed by atoms with E-state index < -0.39 is 0 Å². The van der Waals surface area contributed by atoms with Crippen molar-refractivity contribution in [1.29, 1.82) is 0 Å². The van der Waals surface area contributed by atoms with Gasteiger partial charge in [-0.2, -0.15) is 0 Å². The molecule has 0 spiro atoms. The molecule has 4 heteroatoms. The fourth-order valence-corrected chi connectivity index (χ4v) is 3.52. The lowest BCUT2D eigenvalue weighted by atomic mass is 9.97. The number of piperazine rings is 1. The van der Waals surface area contributed by atoms with Crippen LogP contribution in [0.3, 0.4) is 0 Å². The van der Waals surface area contributed by atoms with Gasteiger partial charge in [-0.3, -0.25) is 9.69 Å². The van der Waals surface area contributed by atoms with Crippen LogP contribution in [-0.4, -0.2) is 55.5 Å². The van der Waals surface area contributed by atoms with Crippen LogP contribution in [0.1, 0.15) is 42.5 Å². The number of nitrogens with zero attached hydrogens (tertiary/aromatic N) is 2. The number of allylic oxidation sites excluding steroid dienone is 1. The number of ether oxygens (including phenoxy) is 1. The molecule has 0 atom stereocenters. The van der Waals surface area contributed by atoms with Crippen LogP contribution in [0.5, 0.6) is 5.75 Å².